The molecule has 0 saturated carbocycles. The SMILES string of the molecule is CC(C#N)/N=N/C(C)CCC(=O)OCCC[Si](C)(C)Cl. The molecule has 2 atom stereocenters. The van der Waals surface area contributed by atoms with Crippen molar-refractivity contribution < 1.29 is 9.53 Å². The van der Waals surface area contributed by atoms with Crippen LogP contribution in [0.3, 0.4) is 0 Å². The van der Waals surface area contributed by atoms with Crippen molar-refractivity contribution >= 4 is 24.4 Å². The summed E-state index contributed by atoms with van der Waals surface area (Å²) in [5, 5.41) is 16.4. The Morgan fingerprint density at radius 1 is 1.40 bits per heavy atom. The largest absolute Gasteiger partial charge is 0.466 e. The topological polar surface area (TPSA) is 74.8 Å². The molecule has 0 rings (SSSR count). The summed E-state index contributed by atoms with van der Waals surface area (Å²) in [5.41, 5.74) is 0. The van der Waals surface area contributed by atoms with Gasteiger partial charge in [0.2, 0.25) is 0 Å². The number of azo groups is 1. The molecule has 2 unspecified atom stereocenters. The van der Waals surface area contributed by atoms with E-state index in [9.17, 15) is 4.79 Å². The van der Waals surface area contributed by atoms with Crippen LogP contribution in [-0.2, 0) is 9.53 Å². The predicted molar refractivity (Wildman–Crippen MR) is 82.3 cm³/mol. The maximum Gasteiger partial charge on any atom is 0.305 e. The molecule has 0 heterocycles. The first-order chi connectivity index (χ1) is 9.24. The smallest absolute Gasteiger partial charge is 0.305 e. The Morgan fingerprint density at radius 3 is 2.60 bits per heavy atom. The van der Waals surface area contributed by atoms with Gasteiger partial charge >= 0.3 is 5.97 Å². The van der Waals surface area contributed by atoms with E-state index in [1.54, 1.807) is 6.92 Å². The Morgan fingerprint density at radius 2 is 2.05 bits per heavy atom. The zero-order valence-corrected chi connectivity index (χ0v) is 14.5. The maximum absolute atomic E-state index is 11.5. The van der Waals surface area contributed by atoms with Crippen LogP contribution in [0.4, 0.5) is 0 Å². The van der Waals surface area contributed by atoms with E-state index in [1.807, 2.05) is 13.0 Å². The molecule has 0 aromatic carbocycles. The fourth-order valence-corrected chi connectivity index (χ4v) is 2.76. The number of hydrogen-bond acceptors (Lipinski definition) is 5. The maximum atomic E-state index is 11.5. The van der Waals surface area contributed by atoms with Crippen molar-refractivity contribution in [3.8, 4) is 6.07 Å². The third-order valence-corrected chi connectivity index (χ3v) is 4.68. The molecule has 0 spiro atoms. The van der Waals surface area contributed by atoms with Crippen molar-refractivity contribution in [1.29, 1.82) is 5.26 Å². The summed E-state index contributed by atoms with van der Waals surface area (Å²) in [6.07, 6.45) is 1.72. The van der Waals surface area contributed by atoms with Gasteiger partial charge in [-0.05, 0) is 32.7 Å². The van der Waals surface area contributed by atoms with E-state index in [4.69, 9.17) is 21.1 Å². The fourth-order valence-electron chi connectivity index (χ4n) is 1.37. The number of nitrogens with zero attached hydrogens (tertiary/aromatic N) is 3. The minimum atomic E-state index is -1.56. The molecule has 0 radical (unpaired) electrons. The van der Waals surface area contributed by atoms with E-state index in [0.717, 1.165) is 12.5 Å². The summed E-state index contributed by atoms with van der Waals surface area (Å²) in [6.45, 7) is 8.12. The lowest BCUT2D eigenvalue weighted by molar-refractivity contribution is -0.143. The molecular weight excluding hydrogens is 294 g/mol. The van der Waals surface area contributed by atoms with Crippen LogP contribution in [0.1, 0.15) is 33.1 Å². The Labute approximate surface area is 127 Å². The van der Waals surface area contributed by atoms with E-state index in [-0.39, 0.29) is 12.0 Å². The minimum Gasteiger partial charge on any atom is -0.466 e. The molecular formula is C13H24ClN3O2Si. The highest BCUT2D eigenvalue weighted by molar-refractivity contribution is 7.19. The molecule has 0 aliphatic heterocycles. The standard InChI is InChI=1S/C13H24ClN3O2Si/c1-11(16-17-12(2)10-15)6-7-13(18)19-8-5-9-20(3,4)14/h11-12H,5-9H2,1-4H3/b17-16+. The van der Waals surface area contributed by atoms with Crippen LogP contribution in [0.2, 0.25) is 19.1 Å². The van der Waals surface area contributed by atoms with Gasteiger partial charge in [0, 0.05) is 6.42 Å². The number of hydrogen-bond donors (Lipinski definition) is 0. The highest BCUT2D eigenvalue weighted by Gasteiger charge is 2.16. The molecule has 0 aliphatic carbocycles. The van der Waals surface area contributed by atoms with Crippen molar-refractivity contribution in [2.75, 3.05) is 6.61 Å². The van der Waals surface area contributed by atoms with Crippen LogP contribution in [0, 0.1) is 11.3 Å². The first-order valence-electron chi connectivity index (χ1n) is 6.88. The Bertz CT molecular complexity index is 364. The molecule has 0 bridgehead atoms. The van der Waals surface area contributed by atoms with E-state index < -0.39 is 13.4 Å². The second kappa shape index (κ2) is 9.89. The van der Waals surface area contributed by atoms with E-state index in [2.05, 4.69) is 23.3 Å². The van der Waals surface area contributed by atoms with Crippen molar-refractivity contribution in [3.05, 3.63) is 0 Å². The first kappa shape index (κ1) is 19.1. The molecule has 0 aromatic heterocycles. The zero-order chi connectivity index (χ0) is 15.6. The number of nitriles is 1. The molecule has 0 aliphatic rings. The van der Waals surface area contributed by atoms with E-state index >= 15 is 0 Å². The van der Waals surface area contributed by atoms with Gasteiger partial charge in [0.1, 0.15) is 0 Å². The molecule has 20 heavy (non-hydrogen) atoms. The molecule has 114 valence electrons. The summed E-state index contributed by atoms with van der Waals surface area (Å²) in [6, 6.07) is 2.40. The quantitative estimate of drug-likeness (QED) is 0.213. The fraction of sp³-hybridized carbons (Fsp3) is 0.846. The van der Waals surface area contributed by atoms with Gasteiger partial charge in [-0.25, -0.2) is 0 Å². The van der Waals surface area contributed by atoms with Crippen LogP contribution in [0.25, 0.3) is 0 Å². The van der Waals surface area contributed by atoms with Crippen LogP contribution in [-0.4, -0.2) is 32.0 Å². The molecule has 0 amide bonds. The number of ether oxygens (including phenoxy) is 1. The van der Waals surface area contributed by atoms with Gasteiger partial charge in [0.25, 0.3) is 0 Å². The molecule has 7 heteroatoms. The number of esters is 1. The first-order valence-corrected chi connectivity index (χ1v) is 11.1. The average molecular weight is 318 g/mol. The monoisotopic (exact) mass is 317 g/mol. The molecule has 5 nitrogen and oxygen atoms in total. The molecule has 0 N–H and O–H groups in total. The van der Waals surface area contributed by atoms with Gasteiger partial charge in [-0.1, -0.05) is 13.1 Å². The summed E-state index contributed by atoms with van der Waals surface area (Å²) >= 11 is 6.18. The Kier molecular flexibility index (Phi) is 9.43. The normalized spacial score (nSPS) is 14.8. The van der Waals surface area contributed by atoms with E-state index in [0.29, 0.717) is 19.4 Å². The summed E-state index contributed by atoms with van der Waals surface area (Å²) in [4.78, 5) is 11.5. The lowest BCUT2D eigenvalue weighted by Crippen LogP contribution is -2.17. The second-order valence-corrected chi connectivity index (χ2v) is 12.5. The number of rotatable bonds is 9. The van der Waals surface area contributed by atoms with Gasteiger partial charge in [0.05, 0.1) is 18.7 Å². The summed E-state index contributed by atoms with van der Waals surface area (Å²) in [5.74, 6) is -0.213. The van der Waals surface area contributed by atoms with Gasteiger partial charge in [-0.3, -0.25) is 4.79 Å². The predicted octanol–water partition coefficient (Wildman–Crippen LogP) is 3.90. The summed E-state index contributed by atoms with van der Waals surface area (Å²) < 4.78 is 5.13. The van der Waals surface area contributed by atoms with Gasteiger partial charge in [-0.2, -0.15) is 26.6 Å². The summed E-state index contributed by atoms with van der Waals surface area (Å²) in [7, 11) is -1.56. The lowest BCUT2D eigenvalue weighted by Gasteiger charge is -2.12. The van der Waals surface area contributed by atoms with Gasteiger partial charge < -0.3 is 4.74 Å². The Hall–Kier alpha value is -0.933. The van der Waals surface area contributed by atoms with E-state index in [1.165, 1.54) is 0 Å². The van der Waals surface area contributed by atoms with Gasteiger partial charge in [-0.15, -0.1) is 0 Å². The van der Waals surface area contributed by atoms with Crippen LogP contribution >= 0.6 is 11.1 Å². The Balaban J connectivity index is 3.73. The molecule has 0 saturated heterocycles. The van der Waals surface area contributed by atoms with Crippen LogP contribution in [0.15, 0.2) is 10.2 Å². The minimum absolute atomic E-state index is 0.0764. The number of halogens is 1. The highest BCUT2D eigenvalue weighted by Crippen LogP contribution is 2.16. The van der Waals surface area contributed by atoms with Crippen molar-refractivity contribution in [3.63, 3.8) is 0 Å². The van der Waals surface area contributed by atoms with Crippen molar-refractivity contribution in [1.82, 2.24) is 0 Å². The highest BCUT2D eigenvalue weighted by atomic mass is 35.6. The third kappa shape index (κ3) is 12.1. The van der Waals surface area contributed by atoms with Crippen LogP contribution in [0.5, 0.6) is 0 Å². The van der Waals surface area contributed by atoms with Crippen molar-refractivity contribution in [2.24, 2.45) is 10.2 Å². The average Bonchev–Trinajstić information content (AvgIpc) is 2.37. The van der Waals surface area contributed by atoms with Crippen LogP contribution < -0.4 is 0 Å². The number of carbonyl (C=O) groups is 1. The molecule has 0 aromatic rings. The zero-order valence-electron chi connectivity index (χ0n) is 12.7. The van der Waals surface area contributed by atoms with Gasteiger partial charge in [0.15, 0.2) is 13.4 Å². The van der Waals surface area contributed by atoms with Crippen molar-refractivity contribution in [2.45, 2.75) is 64.3 Å². The lowest BCUT2D eigenvalue weighted by atomic mass is 10.2. The molecule has 0 fully saturated rings. The number of carbonyl (C=O) groups excluding carboxylic acids is 1. The second-order valence-electron chi connectivity index (χ2n) is 5.47. The third-order valence-electron chi connectivity index (χ3n) is 2.57.